The van der Waals surface area contributed by atoms with E-state index < -0.39 is 10.0 Å². The summed E-state index contributed by atoms with van der Waals surface area (Å²) in [6, 6.07) is 6.39. The van der Waals surface area contributed by atoms with Crippen LogP contribution in [0.2, 0.25) is 0 Å². The zero-order valence-electron chi connectivity index (χ0n) is 13.1. The fourth-order valence-electron chi connectivity index (χ4n) is 2.19. The van der Waals surface area contributed by atoms with Gasteiger partial charge in [0.2, 0.25) is 10.0 Å². The number of hydrogen-bond donors (Lipinski definition) is 3. The van der Waals surface area contributed by atoms with E-state index in [1.54, 1.807) is 31.2 Å². The van der Waals surface area contributed by atoms with Crippen molar-refractivity contribution in [1.29, 1.82) is 0 Å². The summed E-state index contributed by atoms with van der Waals surface area (Å²) in [7, 11) is -3.31. The lowest BCUT2D eigenvalue weighted by molar-refractivity contribution is 0.0950. The van der Waals surface area contributed by atoms with Crippen LogP contribution in [0.1, 0.15) is 36.5 Å². The van der Waals surface area contributed by atoms with Crippen LogP contribution in [-0.4, -0.2) is 32.7 Å². The average molecular weight is 362 g/mol. The highest BCUT2D eigenvalue weighted by Crippen LogP contribution is 2.31. The lowest BCUT2D eigenvalue weighted by Crippen LogP contribution is -2.38. The van der Waals surface area contributed by atoms with E-state index in [1.165, 1.54) is 0 Å². The van der Waals surface area contributed by atoms with E-state index >= 15 is 0 Å². The molecule has 1 atom stereocenters. The third kappa shape index (κ3) is 6.37. The van der Waals surface area contributed by atoms with Crippen LogP contribution in [0, 0.1) is 5.92 Å². The van der Waals surface area contributed by atoms with Crippen molar-refractivity contribution < 1.29 is 13.2 Å². The van der Waals surface area contributed by atoms with Crippen LogP contribution in [0.3, 0.4) is 0 Å². The first-order valence-corrected chi connectivity index (χ1v) is 9.21. The minimum atomic E-state index is -3.31. The van der Waals surface area contributed by atoms with E-state index in [-0.39, 0.29) is 30.1 Å². The van der Waals surface area contributed by atoms with Gasteiger partial charge < -0.3 is 11.1 Å². The van der Waals surface area contributed by atoms with Crippen LogP contribution in [0.4, 0.5) is 5.69 Å². The Morgan fingerprint density at radius 1 is 1.30 bits per heavy atom. The Kier molecular flexibility index (Phi) is 7.31. The third-order valence-electron chi connectivity index (χ3n) is 3.62. The zero-order valence-corrected chi connectivity index (χ0v) is 14.8. The smallest absolute Gasteiger partial charge is 0.251 e. The topological polar surface area (TPSA) is 101 Å². The number of nitrogens with one attached hydrogen (secondary N) is 2. The molecule has 8 heteroatoms. The number of anilines is 1. The van der Waals surface area contributed by atoms with E-state index in [4.69, 9.17) is 5.73 Å². The van der Waals surface area contributed by atoms with Crippen molar-refractivity contribution in [2.45, 2.75) is 32.2 Å². The molecule has 1 saturated carbocycles. The summed E-state index contributed by atoms with van der Waals surface area (Å²) >= 11 is 0. The zero-order chi connectivity index (χ0) is 16.2. The second-order valence-corrected chi connectivity index (χ2v) is 7.55. The van der Waals surface area contributed by atoms with Crippen LogP contribution in [-0.2, 0) is 10.0 Å². The Hall–Kier alpha value is -1.31. The largest absolute Gasteiger partial charge is 0.350 e. The van der Waals surface area contributed by atoms with Gasteiger partial charge in [0.15, 0.2) is 0 Å². The van der Waals surface area contributed by atoms with Crippen LogP contribution in [0.15, 0.2) is 24.3 Å². The molecule has 1 aliphatic rings. The summed E-state index contributed by atoms with van der Waals surface area (Å²) in [5.74, 6) is 0.420. The molecule has 2 rings (SSSR count). The number of benzene rings is 1. The molecular weight excluding hydrogens is 338 g/mol. The molecule has 0 saturated heterocycles. The fraction of sp³-hybridized carbons (Fsp3) is 0.533. The van der Waals surface area contributed by atoms with Crippen molar-refractivity contribution >= 4 is 34.0 Å². The summed E-state index contributed by atoms with van der Waals surface area (Å²) < 4.78 is 25.8. The van der Waals surface area contributed by atoms with Crippen molar-refractivity contribution in [1.82, 2.24) is 5.32 Å². The van der Waals surface area contributed by atoms with Crippen LogP contribution < -0.4 is 15.8 Å². The minimum Gasteiger partial charge on any atom is -0.350 e. The Morgan fingerprint density at radius 3 is 2.43 bits per heavy atom. The summed E-state index contributed by atoms with van der Waals surface area (Å²) in [6.07, 6.45) is 2.84. The van der Waals surface area contributed by atoms with Gasteiger partial charge in [-0.15, -0.1) is 12.4 Å². The average Bonchev–Trinajstić information content (AvgIpc) is 3.29. The van der Waals surface area contributed by atoms with Gasteiger partial charge in [0, 0.05) is 23.8 Å². The molecule has 6 nitrogen and oxygen atoms in total. The number of hydrogen-bond acceptors (Lipinski definition) is 4. The van der Waals surface area contributed by atoms with Gasteiger partial charge in [-0.25, -0.2) is 8.42 Å². The van der Waals surface area contributed by atoms with Crippen molar-refractivity contribution in [3.63, 3.8) is 0 Å². The Labute approximate surface area is 143 Å². The van der Waals surface area contributed by atoms with Crippen molar-refractivity contribution in [2.75, 3.05) is 17.0 Å². The molecule has 0 spiro atoms. The normalized spacial score (nSPS) is 15.4. The van der Waals surface area contributed by atoms with Crippen LogP contribution in [0.25, 0.3) is 0 Å². The molecule has 0 radical (unpaired) electrons. The van der Waals surface area contributed by atoms with E-state index in [0.29, 0.717) is 30.1 Å². The number of carbonyl (C=O) groups is 1. The molecule has 1 aromatic carbocycles. The van der Waals surface area contributed by atoms with Gasteiger partial charge in [0.05, 0.1) is 5.75 Å². The van der Waals surface area contributed by atoms with Crippen molar-refractivity contribution in [3.8, 4) is 0 Å². The molecule has 0 bridgehead atoms. The third-order valence-corrected chi connectivity index (χ3v) is 5.11. The van der Waals surface area contributed by atoms with Gasteiger partial charge in [-0.05, 0) is 49.4 Å². The molecule has 4 N–H and O–H groups in total. The highest BCUT2D eigenvalue weighted by Gasteiger charge is 2.28. The highest BCUT2D eigenvalue weighted by molar-refractivity contribution is 7.92. The lowest BCUT2D eigenvalue weighted by atomic mass is 10.1. The van der Waals surface area contributed by atoms with Gasteiger partial charge in [-0.1, -0.05) is 6.92 Å². The van der Waals surface area contributed by atoms with Gasteiger partial charge in [0.25, 0.3) is 5.91 Å². The SMILES string of the molecule is CCCS(=O)(=O)Nc1ccc(C(=O)NCC(N)C2CC2)cc1.Cl. The molecule has 1 fully saturated rings. The Bertz CT molecular complexity index is 615. The first-order chi connectivity index (χ1) is 10.4. The maximum Gasteiger partial charge on any atom is 0.251 e. The molecule has 0 aromatic heterocycles. The Balaban J connectivity index is 0.00000264. The van der Waals surface area contributed by atoms with E-state index in [2.05, 4.69) is 10.0 Å². The molecule has 1 unspecified atom stereocenters. The standard InChI is InChI=1S/C15H23N3O3S.ClH/c1-2-9-22(20,21)18-13-7-5-12(6-8-13)15(19)17-10-14(16)11-3-4-11;/h5-8,11,14,18H,2-4,9-10,16H2,1H3,(H,17,19);1H. The number of rotatable bonds is 8. The molecule has 1 amide bonds. The predicted molar refractivity (Wildman–Crippen MR) is 94.4 cm³/mol. The summed E-state index contributed by atoms with van der Waals surface area (Å²) in [5.41, 5.74) is 6.88. The summed E-state index contributed by atoms with van der Waals surface area (Å²) in [4.78, 5) is 12.0. The van der Waals surface area contributed by atoms with Crippen molar-refractivity contribution in [3.05, 3.63) is 29.8 Å². The number of sulfonamides is 1. The predicted octanol–water partition coefficient (Wildman–Crippen LogP) is 1.73. The van der Waals surface area contributed by atoms with Gasteiger partial charge in [0.1, 0.15) is 0 Å². The van der Waals surface area contributed by atoms with Gasteiger partial charge >= 0.3 is 0 Å². The van der Waals surface area contributed by atoms with Gasteiger partial charge in [-0.2, -0.15) is 0 Å². The van der Waals surface area contributed by atoms with Crippen molar-refractivity contribution in [2.24, 2.45) is 11.7 Å². The molecule has 0 heterocycles. The summed E-state index contributed by atoms with van der Waals surface area (Å²) in [5, 5.41) is 2.81. The number of amides is 1. The first-order valence-electron chi connectivity index (χ1n) is 7.55. The molecule has 130 valence electrons. The number of carbonyl (C=O) groups excluding carboxylic acids is 1. The minimum absolute atomic E-state index is 0. The highest BCUT2D eigenvalue weighted by atomic mass is 35.5. The fourth-order valence-corrected chi connectivity index (χ4v) is 3.33. The molecule has 1 aliphatic carbocycles. The van der Waals surface area contributed by atoms with Crippen LogP contribution in [0.5, 0.6) is 0 Å². The van der Waals surface area contributed by atoms with E-state index in [9.17, 15) is 13.2 Å². The lowest BCUT2D eigenvalue weighted by Gasteiger charge is -2.12. The first kappa shape index (κ1) is 19.7. The number of halogens is 1. The molecule has 1 aromatic rings. The van der Waals surface area contributed by atoms with Crippen LogP contribution >= 0.6 is 12.4 Å². The maximum absolute atomic E-state index is 12.0. The van der Waals surface area contributed by atoms with E-state index in [0.717, 1.165) is 12.8 Å². The second kappa shape index (κ2) is 8.52. The maximum atomic E-state index is 12.0. The monoisotopic (exact) mass is 361 g/mol. The van der Waals surface area contributed by atoms with Gasteiger partial charge in [-0.3, -0.25) is 9.52 Å². The molecular formula is C15H24ClN3O3S. The second-order valence-electron chi connectivity index (χ2n) is 5.71. The molecule has 0 aliphatic heterocycles. The summed E-state index contributed by atoms with van der Waals surface area (Å²) in [6.45, 7) is 2.27. The quantitative estimate of drug-likeness (QED) is 0.656. The Morgan fingerprint density at radius 2 is 1.91 bits per heavy atom. The number of nitrogens with two attached hydrogens (primary N) is 1. The molecule has 23 heavy (non-hydrogen) atoms. The van der Waals surface area contributed by atoms with E-state index in [1.807, 2.05) is 0 Å².